The molecule has 0 fully saturated rings. The molecular weight excluding hydrogens is 282 g/mol. The highest BCUT2D eigenvalue weighted by molar-refractivity contribution is 4.97. The quantitative estimate of drug-likeness (QED) is 0.867. The summed E-state index contributed by atoms with van der Waals surface area (Å²) >= 11 is 0. The summed E-state index contributed by atoms with van der Waals surface area (Å²) in [6.45, 7) is 0.985. The zero-order valence-corrected chi connectivity index (χ0v) is 9.59. The number of alkyl halides is 6. The minimum absolute atomic E-state index is 0.353. The predicted octanol–water partition coefficient (Wildman–Crippen LogP) is 2.59. The summed E-state index contributed by atoms with van der Waals surface area (Å²) in [7, 11) is 0. The Balaban J connectivity index is 2.69. The van der Waals surface area contributed by atoms with E-state index in [4.69, 9.17) is 5.11 Å². The van der Waals surface area contributed by atoms with Crippen LogP contribution < -0.4 is 0 Å². The van der Waals surface area contributed by atoms with Gasteiger partial charge in [-0.3, -0.25) is 0 Å². The van der Waals surface area contributed by atoms with Crippen molar-refractivity contribution < 1.29 is 36.0 Å². The number of aliphatic hydroxyl groups excluding tert-OH is 1. The summed E-state index contributed by atoms with van der Waals surface area (Å²) in [6, 6.07) is 0. The van der Waals surface area contributed by atoms with Crippen LogP contribution in [0.3, 0.4) is 0 Å². The van der Waals surface area contributed by atoms with E-state index in [-0.39, 0.29) is 5.82 Å². The van der Waals surface area contributed by atoms with E-state index >= 15 is 0 Å². The van der Waals surface area contributed by atoms with Crippen LogP contribution in [0.25, 0.3) is 0 Å². The summed E-state index contributed by atoms with van der Waals surface area (Å²) in [5.41, 5.74) is 0. The standard InChI is InChI=1S/C9H10F6N2O2/c1-4(6(18)9(13,14)15)7-16-5(17-19-7)2-3-8(10,11)12/h4,6,18H,2-3H2,1H3. The number of rotatable bonds is 4. The van der Waals surface area contributed by atoms with Gasteiger partial charge in [0.2, 0.25) is 5.89 Å². The summed E-state index contributed by atoms with van der Waals surface area (Å²) in [4.78, 5) is 3.41. The molecule has 0 spiro atoms. The fourth-order valence-corrected chi connectivity index (χ4v) is 1.23. The average molecular weight is 292 g/mol. The molecule has 1 aromatic heterocycles. The highest BCUT2D eigenvalue weighted by Crippen LogP contribution is 2.31. The molecule has 0 aliphatic carbocycles. The SMILES string of the molecule is CC(c1nc(CCC(F)(F)F)no1)C(O)C(F)(F)F. The molecule has 2 atom stereocenters. The fraction of sp³-hybridized carbons (Fsp3) is 0.778. The lowest BCUT2D eigenvalue weighted by Crippen LogP contribution is -2.33. The number of halogens is 6. The molecule has 0 aliphatic rings. The smallest absolute Gasteiger partial charge is 0.383 e. The Kier molecular flexibility index (Phi) is 4.43. The van der Waals surface area contributed by atoms with Crippen LogP contribution in [0.1, 0.15) is 31.0 Å². The second-order valence-electron chi connectivity index (χ2n) is 3.94. The molecule has 19 heavy (non-hydrogen) atoms. The maximum Gasteiger partial charge on any atom is 0.415 e. The second-order valence-corrected chi connectivity index (χ2v) is 3.94. The summed E-state index contributed by atoms with van der Waals surface area (Å²) < 4.78 is 76.8. The molecule has 0 amide bonds. The van der Waals surface area contributed by atoms with Gasteiger partial charge in [-0.1, -0.05) is 12.1 Å². The van der Waals surface area contributed by atoms with Crippen LogP contribution in [0.2, 0.25) is 0 Å². The third-order valence-corrected chi connectivity index (χ3v) is 2.31. The third-order valence-electron chi connectivity index (χ3n) is 2.31. The molecule has 2 unspecified atom stereocenters. The van der Waals surface area contributed by atoms with Gasteiger partial charge in [0.15, 0.2) is 11.9 Å². The second kappa shape index (κ2) is 5.35. The van der Waals surface area contributed by atoms with E-state index in [1.807, 2.05) is 0 Å². The number of nitrogens with zero attached hydrogens (tertiary/aromatic N) is 2. The summed E-state index contributed by atoms with van der Waals surface area (Å²) in [5, 5.41) is 12.1. The highest BCUT2D eigenvalue weighted by atomic mass is 19.4. The van der Waals surface area contributed by atoms with Crippen molar-refractivity contribution in [2.75, 3.05) is 0 Å². The van der Waals surface area contributed by atoms with Gasteiger partial charge in [0.25, 0.3) is 0 Å². The van der Waals surface area contributed by atoms with Crippen LogP contribution in [0.4, 0.5) is 26.3 Å². The molecular formula is C9H10F6N2O2. The molecule has 0 radical (unpaired) electrons. The molecule has 4 nitrogen and oxygen atoms in total. The minimum Gasteiger partial charge on any atom is -0.383 e. The number of hydrogen-bond acceptors (Lipinski definition) is 4. The number of aryl methyl sites for hydroxylation is 1. The summed E-state index contributed by atoms with van der Waals surface area (Å²) in [6.07, 6.45) is -13.8. The first kappa shape index (κ1) is 15.7. The zero-order valence-electron chi connectivity index (χ0n) is 9.59. The lowest BCUT2D eigenvalue weighted by atomic mass is 10.0. The first-order chi connectivity index (χ1) is 8.50. The molecule has 1 aromatic rings. The number of aromatic nitrogens is 2. The monoisotopic (exact) mass is 292 g/mol. The van der Waals surface area contributed by atoms with Gasteiger partial charge in [-0.25, -0.2) is 0 Å². The van der Waals surface area contributed by atoms with Crippen LogP contribution in [0.5, 0.6) is 0 Å². The lowest BCUT2D eigenvalue weighted by Gasteiger charge is -2.17. The van der Waals surface area contributed by atoms with Crippen molar-refractivity contribution in [3.63, 3.8) is 0 Å². The van der Waals surface area contributed by atoms with Gasteiger partial charge in [-0.05, 0) is 0 Å². The number of aliphatic hydroxyl groups is 1. The Morgan fingerprint density at radius 2 is 1.79 bits per heavy atom. The van der Waals surface area contributed by atoms with E-state index in [1.54, 1.807) is 0 Å². The van der Waals surface area contributed by atoms with E-state index in [1.165, 1.54) is 0 Å². The maximum absolute atomic E-state index is 12.2. The van der Waals surface area contributed by atoms with Crippen molar-refractivity contribution in [3.05, 3.63) is 11.7 Å². The van der Waals surface area contributed by atoms with E-state index < -0.39 is 43.1 Å². The van der Waals surface area contributed by atoms with Crippen molar-refractivity contribution >= 4 is 0 Å². The lowest BCUT2D eigenvalue weighted by molar-refractivity contribution is -0.210. The molecule has 0 aliphatic heterocycles. The molecule has 0 bridgehead atoms. The van der Waals surface area contributed by atoms with Crippen molar-refractivity contribution in [2.24, 2.45) is 0 Å². The number of hydrogen-bond donors (Lipinski definition) is 1. The van der Waals surface area contributed by atoms with Crippen LogP contribution in [-0.2, 0) is 6.42 Å². The summed E-state index contributed by atoms with van der Waals surface area (Å²) in [5.74, 6) is -2.46. The van der Waals surface area contributed by atoms with Crippen LogP contribution >= 0.6 is 0 Å². The molecule has 110 valence electrons. The van der Waals surface area contributed by atoms with Gasteiger partial charge < -0.3 is 9.63 Å². The maximum atomic E-state index is 12.2. The minimum atomic E-state index is -4.87. The largest absolute Gasteiger partial charge is 0.415 e. The van der Waals surface area contributed by atoms with Gasteiger partial charge in [0.05, 0.1) is 12.3 Å². The van der Waals surface area contributed by atoms with Crippen molar-refractivity contribution in [1.82, 2.24) is 10.1 Å². The van der Waals surface area contributed by atoms with Gasteiger partial charge in [-0.15, -0.1) is 0 Å². The Bertz CT molecular complexity index is 414. The molecule has 1 N–H and O–H groups in total. The fourth-order valence-electron chi connectivity index (χ4n) is 1.23. The van der Waals surface area contributed by atoms with E-state index in [9.17, 15) is 26.3 Å². The highest BCUT2D eigenvalue weighted by Gasteiger charge is 2.44. The molecule has 0 aromatic carbocycles. The third kappa shape index (κ3) is 4.69. The Morgan fingerprint density at radius 3 is 2.26 bits per heavy atom. The molecule has 1 heterocycles. The van der Waals surface area contributed by atoms with E-state index in [0.29, 0.717) is 0 Å². The Hall–Kier alpha value is -1.32. The molecule has 0 saturated heterocycles. The van der Waals surface area contributed by atoms with Crippen molar-refractivity contribution in [1.29, 1.82) is 0 Å². The molecule has 0 saturated carbocycles. The van der Waals surface area contributed by atoms with Crippen LogP contribution in [0, 0.1) is 0 Å². The average Bonchev–Trinajstić information content (AvgIpc) is 2.70. The van der Waals surface area contributed by atoms with Gasteiger partial charge in [0, 0.05) is 6.42 Å². The zero-order chi connectivity index (χ0) is 14.8. The predicted molar refractivity (Wildman–Crippen MR) is 49.2 cm³/mol. The van der Waals surface area contributed by atoms with Gasteiger partial charge in [0.1, 0.15) is 0 Å². The Labute approximate surface area is 103 Å². The molecule has 10 heteroatoms. The van der Waals surface area contributed by atoms with Gasteiger partial charge >= 0.3 is 12.4 Å². The molecule has 1 rings (SSSR count). The van der Waals surface area contributed by atoms with E-state index in [2.05, 4.69) is 14.7 Å². The topological polar surface area (TPSA) is 59.2 Å². The van der Waals surface area contributed by atoms with Crippen molar-refractivity contribution in [3.8, 4) is 0 Å². The first-order valence-electron chi connectivity index (χ1n) is 5.14. The first-order valence-corrected chi connectivity index (χ1v) is 5.14. The normalized spacial score (nSPS) is 16.4. The van der Waals surface area contributed by atoms with Crippen LogP contribution in [-0.4, -0.2) is 33.7 Å². The van der Waals surface area contributed by atoms with E-state index in [0.717, 1.165) is 6.92 Å². The van der Waals surface area contributed by atoms with Crippen LogP contribution in [0.15, 0.2) is 4.52 Å². The van der Waals surface area contributed by atoms with Gasteiger partial charge in [-0.2, -0.15) is 31.3 Å². The Morgan fingerprint density at radius 1 is 1.21 bits per heavy atom. The van der Waals surface area contributed by atoms with Crippen molar-refractivity contribution in [2.45, 2.75) is 44.1 Å².